The van der Waals surface area contributed by atoms with E-state index in [1.54, 1.807) is 12.1 Å². The Morgan fingerprint density at radius 3 is 2.33 bits per heavy atom. The van der Waals surface area contributed by atoms with Crippen molar-refractivity contribution in [2.45, 2.75) is 40.2 Å². The van der Waals surface area contributed by atoms with E-state index in [0.29, 0.717) is 17.7 Å². The van der Waals surface area contributed by atoms with Crippen molar-refractivity contribution in [3.8, 4) is 11.1 Å². The molecule has 4 rings (SSSR count). The number of aryl methyl sites for hydroxylation is 2. The maximum atomic E-state index is 11.5. The van der Waals surface area contributed by atoms with Crippen LogP contribution in [0.25, 0.3) is 22.2 Å². The Labute approximate surface area is 175 Å². The number of nitrogens with zero attached hydrogens (tertiary/aromatic N) is 4. The first-order chi connectivity index (χ1) is 14.4. The van der Waals surface area contributed by atoms with Gasteiger partial charge in [0.25, 0.3) is 0 Å². The van der Waals surface area contributed by atoms with Gasteiger partial charge in [-0.1, -0.05) is 56.3 Å². The molecule has 4 aromatic rings. The molecular weight excluding hydrogens is 376 g/mol. The normalized spacial score (nSPS) is 11.4. The van der Waals surface area contributed by atoms with Gasteiger partial charge < -0.3 is 9.67 Å². The number of rotatable bonds is 5. The summed E-state index contributed by atoms with van der Waals surface area (Å²) in [5, 5.41) is 18.0. The van der Waals surface area contributed by atoms with E-state index in [2.05, 4.69) is 28.6 Å². The second-order valence-electron chi connectivity index (χ2n) is 7.83. The molecule has 0 aliphatic rings. The number of carboxylic acids is 1. The Morgan fingerprint density at radius 1 is 1.00 bits per heavy atom. The van der Waals surface area contributed by atoms with Crippen molar-refractivity contribution in [1.29, 1.82) is 0 Å². The molecule has 0 unspecified atom stereocenters. The molecule has 30 heavy (non-hydrogen) atoms. The number of imidazole rings is 1. The summed E-state index contributed by atoms with van der Waals surface area (Å²) < 4.78 is 2.22. The van der Waals surface area contributed by atoms with Crippen LogP contribution in [-0.4, -0.2) is 30.8 Å². The van der Waals surface area contributed by atoms with E-state index in [-0.39, 0.29) is 5.92 Å². The quantitative estimate of drug-likeness (QED) is 0.511. The lowest BCUT2D eigenvalue weighted by atomic mass is 9.98. The minimum absolute atomic E-state index is 0.262. The van der Waals surface area contributed by atoms with Crippen LogP contribution < -0.4 is 0 Å². The van der Waals surface area contributed by atoms with Gasteiger partial charge in [-0.15, -0.1) is 0 Å². The zero-order valence-electron chi connectivity index (χ0n) is 17.5. The second-order valence-corrected chi connectivity index (χ2v) is 7.83. The third-order valence-electron chi connectivity index (χ3n) is 5.31. The van der Waals surface area contributed by atoms with Crippen molar-refractivity contribution >= 4 is 17.0 Å². The van der Waals surface area contributed by atoms with Gasteiger partial charge >= 0.3 is 5.97 Å². The van der Waals surface area contributed by atoms with E-state index >= 15 is 0 Å². The Balaban J connectivity index is 1.75. The summed E-state index contributed by atoms with van der Waals surface area (Å²) in [6.07, 6.45) is 0. The van der Waals surface area contributed by atoms with E-state index in [0.717, 1.165) is 39.4 Å². The zero-order chi connectivity index (χ0) is 21.4. The summed E-state index contributed by atoms with van der Waals surface area (Å²) in [6.45, 7) is 8.83. The van der Waals surface area contributed by atoms with Crippen LogP contribution in [0.15, 0.2) is 48.5 Å². The van der Waals surface area contributed by atoms with E-state index in [1.807, 2.05) is 50.2 Å². The van der Waals surface area contributed by atoms with Crippen LogP contribution in [0.4, 0.5) is 0 Å². The van der Waals surface area contributed by atoms with Crippen LogP contribution in [0, 0.1) is 13.8 Å². The second kappa shape index (κ2) is 7.71. The molecule has 1 N–H and O–H groups in total. The molecule has 152 valence electrons. The maximum absolute atomic E-state index is 11.5. The van der Waals surface area contributed by atoms with Crippen molar-refractivity contribution in [3.63, 3.8) is 0 Å². The van der Waals surface area contributed by atoms with Gasteiger partial charge in [0.2, 0.25) is 0 Å². The number of benzene rings is 2. The molecule has 6 nitrogen and oxygen atoms in total. The van der Waals surface area contributed by atoms with Crippen LogP contribution in [-0.2, 0) is 6.54 Å². The van der Waals surface area contributed by atoms with Crippen molar-refractivity contribution in [1.82, 2.24) is 19.7 Å². The fourth-order valence-corrected chi connectivity index (χ4v) is 3.83. The molecule has 0 spiro atoms. The molecule has 0 saturated carbocycles. The summed E-state index contributed by atoms with van der Waals surface area (Å²) >= 11 is 0. The third kappa shape index (κ3) is 3.45. The van der Waals surface area contributed by atoms with Crippen molar-refractivity contribution in [2.75, 3.05) is 0 Å². The lowest BCUT2D eigenvalue weighted by Crippen LogP contribution is -2.08. The summed E-state index contributed by atoms with van der Waals surface area (Å²) in [7, 11) is 0. The van der Waals surface area contributed by atoms with Crippen LogP contribution in [0.5, 0.6) is 0 Å². The van der Waals surface area contributed by atoms with E-state index in [4.69, 9.17) is 4.98 Å². The van der Waals surface area contributed by atoms with Crippen LogP contribution in [0.1, 0.15) is 52.9 Å². The Kier molecular flexibility index (Phi) is 5.08. The SMILES string of the molecule is Cc1nnc(C)c2c1nc(C(C)C)n2Cc1ccc(-c2ccccc2C(=O)O)cc1. The fraction of sp³-hybridized carbons (Fsp3) is 0.250. The average molecular weight is 400 g/mol. The summed E-state index contributed by atoms with van der Waals surface area (Å²) in [5.41, 5.74) is 6.63. The number of carboxylic acid groups (broad SMARTS) is 1. The standard InChI is InChI=1S/C24H24N4O2/c1-14(2)23-25-21-15(3)26-27-16(4)22(21)28(23)13-17-9-11-18(12-10-17)19-7-5-6-8-20(19)24(29)30/h5-12,14H,13H2,1-4H3,(H,29,30). The summed E-state index contributed by atoms with van der Waals surface area (Å²) in [5.74, 6) is 0.345. The van der Waals surface area contributed by atoms with Gasteiger partial charge in [-0.05, 0) is 36.6 Å². The predicted octanol–water partition coefficient (Wildman–Crippen LogP) is 4.98. The van der Waals surface area contributed by atoms with Crippen LogP contribution in [0.2, 0.25) is 0 Å². The van der Waals surface area contributed by atoms with E-state index < -0.39 is 5.97 Å². The van der Waals surface area contributed by atoms with Crippen LogP contribution in [0.3, 0.4) is 0 Å². The predicted molar refractivity (Wildman–Crippen MR) is 117 cm³/mol. The number of aromatic nitrogens is 4. The molecular formula is C24H24N4O2. The first-order valence-corrected chi connectivity index (χ1v) is 9.98. The largest absolute Gasteiger partial charge is 0.478 e. The molecule has 0 atom stereocenters. The summed E-state index contributed by atoms with van der Waals surface area (Å²) in [6, 6.07) is 15.1. The highest BCUT2D eigenvalue weighted by Gasteiger charge is 2.18. The highest BCUT2D eigenvalue weighted by Crippen LogP contribution is 2.28. The first kappa shape index (κ1) is 19.8. The minimum atomic E-state index is -0.923. The highest BCUT2D eigenvalue weighted by atomic mass is 16.4. The molecule has 0 bridgehead atoms. The van der Waals surface area contributed by atoms with Crippen LogP contribution >= 0.6 is 0 Å². The Hall–Kier alpha value is -3.54. The molecule has 0 aliphatic heterocycles. The zero-order valence-corrected chi connectivity index (χ0v) is 17.5. The van der Waals surface area contributed by atoms with Gasteiger partial charge in [0, 0.05) is 12.5 Å². The average Bonchev–Trinajstić information content (AvgIpc) is 3.12. The molecule has 0 saturated heterocycles. The van der Waals surface area contributed by atoms with Gasteiger partial charge in [0.1, 0.15) is 11.3 Å². The number of hydrogen-bond donors (Lipinski definition) is 1. The fourth-order valence-electron chi connectivity index (χ4n) is 3.83. The molecule has 2 aromatic carbocycles. The van der Waals surface area contributed by atoms with E-state index in [9.17, 15) is 9.90 Å². The monoisotopic (exact) mass is 400 g/mol. The Bertz CT molecular complexity index is 1240. The molecule has 6 heteroatoms. The van der Waals surface area contributed by atoms with Gasteiger partial charge in [-0.3, -0.25) is 0 Å². The lowest BCUT2D eigenvalue weighted by molar-refractivity contribution is 0.0697. The van der Waals surface area contributed by atoms with Crippen molar-refractivity contribution in [3.05, 3.63) is 76.9 Å². The maximum Gasteiger partial charge on any atom is 0.336 e. The number of carbonyl (C=O) groups is 1. The first-order valence-electron chi connectivity index (χ1n) is 9.98. The minimum Gasteiger partial charge on any atom is -0.478 e. The molecule has 2 aromatic heterocycles. The highest BCUT2D eigenvalue weighted by molar-refractivity contribution is 5.96. The topological polar surface area (TPSA) is 80.9 Å². The van der Waals surface area contributed by atoms with Gasteiger partial charge in [0.05, 0.1) is 22.5 Å². The lowest BCUT2D eigenvalue weighted by Gasteiger charge is -2.13. The summed E-state index contributed by atoms with van der Waals surface area (Å²) in [4.78, 5) is 16.4. The number of aromatic carboxylic acids is 1. The molecule has 2 heterocycles. The van der Waals surface area contributed by atoms with Crippen molar-refractivity contribution < 1.29 is 9.90 Å². The smallest absolute Gasteiger partial charge is 0.336 e. The van der Waals surface area contributed by atoms with Gasteiger partial charge in [0.15, 0.2) is 0 Å². The molecule has 0 amide bonds. The van der Waals surface area contributed by atoms with Gasteiger partial charge in [-0.2, -0.15) is 10.2 Å². The third-order valence-corrected chi connectivity index (χ3v) is 5.31. The molecule has 0 radical (unpaired) electrons. The Morgan fingerprint density at radius 2 is 1.67 bits per heavy atom. The number of fused-ring (bicyclic) bond motifs is 1. The molecule has 0 aliphatic carbocycles. The number of hydrogen-bond acceptors (Lipinski definition) is 4. The van der Waals surface area contributed by atoms with E-state index in [1.165, 1.54) is 0 Å². The van der Waals surface area contributed by atoms with Crippen molar-refractivity contribution in [2.24, 2.45) is 0 Å². The van der Waals surface area contributed by atoms with Gasteiger partial charge in [-0.25, -0.2) is 9.78 Å². The molecule has 0 fully saturated rings.